The minimum absolute atomic E-state index is 0.0375. The van der Waals surface area contributed by atoms with Crippen LogP contribution in [0.5, 0.6) is 0 Å². The van der Waals surface area contributed by atoms with E-state index in [1.54, 1.807) is 35.7 Å². The van der Waals surface area contributed by atoms with Crippen molar-refractivity contribution in [3.05, 3.63) is 77.4 Å². The number of nitrogens with one attached hydrogen (secondary N) is 1. The highest BCUT2D eigenvalue weighted by molar-refractivity contribution is 5.97. The Balaban J connectivity index is 1.22. The molecule has 31 heavy (non-hydrogen) atoms. The summed E-state index contributed by atoms with van der Waals surface area (Å²) in [7, 11) is 0. The number of aromatic nitrogens is 5. The molecule has 1 saturated heterocycles. The fraction of sp³-hybridized carbons (Fsp3) is 0.261. The number of nitrogens with zero attached hydrogens (tertiary/aromatic N) is 5. The molecule has 3 aromatic heterocycles. The normalized spacial score (nSPS) is 14.8. The molecular formula is C23H22N6O2. The smallest absolute Gasteiger partial charge is 0.253 e. The molecule has 8 nitrogen and oxygen atoms in total. The molecule has 156 valence electrons. The molecule has 1 N–H and O–H groups in total. The van der Waals surface area contributed by atoms with Gasteiger partial charge in [0.2, 0.25) is 0 Å². The number of amides is 1. The van der Waals surface area contributed by atoms with Crippen LogP contribution in [0.25, 0.3) is 22.3 Å². The Morgan fingerprint density at radius 2 is 1.87 bits per heavy atom. The van der Waals surface area contributed by atoms with Crippen LogP contribution in [-0.2, 0) is 6.54 Å². The van der Waals surface area contributed by atoms with E-state index < -0.39 is 0 Å². The van der Waals surface area contributed by atoms with Crippen LogP contribution in [-0.4, -0.2) is 48.4 Å². The summed E-state index contributed by atoms with van der Waals surface area (Å²) in [5.74, 6) is 0.376. The highest BCUT2D eigenvalue weighted by Gasteiger charge is 2.24. The maximum absolute atomic E-state index is 12.9. The Labute approximate surface area is 178 Å². The number of hydrogen-bond donors (Lipinski definition) is 1. The van der Waals surface area contributed by atoms with Gasteiger partial charge in [0.05, 0.1) is 29.4 Å². The van der Waals surface area contributed by atoms with Gasteiger partial charge in [0.15, 0.2) is 0 Å². The number of H-pyrrole nitrogens is 1. The van der Waals surface area contributed by atoms with Gasteiger partial charge in [-0.1, -0.05) is 0 Å². The van der Waals surface area contributed by atoms with Crippen LogP contribution in [0.1, 0.15) is 23.2 Å². The molecule has 5 rings (SSSR count). The van der Waals surface area contributed by atoms with E-state index in [0.29, 0.717) is 36.8 Å². The summed E-state index contributed by atoms with van der Waals surface area (Å²) in [6.45, 7) is 1.98. The second-order valence-electron chi connectivity index (χ2n) is 7.87. The Morgan fingerprint density at radius 1 is 1.06 bits per heavy atom. The number of carbonyl (C=O) groups excluding carboxylic acids is 1. The van der Waals surface area contributed by atoms with Gasteiger partial charge in [-0.05, 0) is 49.1 Å². The summed E-state index contributed by atoms with van der Waals surface area (Å²) >= 11 is 0. The quantitative estimate of drug-likeness (QED) is 0.554. The van der Waals surface area contributed by atoms with Crippen LogP contribution in [0.4, 0.5) is 0 Å². The van der Waals surface area contributed by atoms with Crippen LogP contribution in [0.15, 0.2) is 66.2 Å². The first-order valence-corrected chi connectivity index (χ1v) is 10.4. The monoisotopic (exact) mass is 414 g/mol. The molecule has 1 amide bonds. The van der Waals surface area contributed by atoms with Crippen LogP contribution < -0.4 is 5.56 Å². The third kappa shape index (κ3) is 3.96. The Hall–Kier alpha value is -3.81. The Kier molecular flexibility index (Phi) is 5.03. The van der Waals surface area contributed by atoms with Gasteiger partial charge in [0, 0.05) is 49.2 Å². The van der Waals surface area contributed by atoms with Gasteiger partial charge in [0.1, 0.15) is 0 Å². The second kappa shape index (κ2) is 8.14. The molecule has 0 aliphatic carbocycles. The van der Waals surface area contributed by atoms with Crippen LogP contribution >= 0.6 is 0 Å². The van der Waals surface area contributed by atoms with Crippen molar-refractivity contribution in [1.82, 2.24) is 29.4 Å². The van der Waals surface area contributed by atoms with Crippen molar-refractivity contribution < 1.29 is 4.79 Å². The lowest BCUT2D eigenvalue weighted by atomic mass is 9.96. The number of piperidine rings is 1. The summed E-state index contributed by atoms with van der Waals surface area (Å²) in [6.07, 6.45) is 8.34. The molecule has 1 aliphatic rings. The highest BCUT2D eigenvalue weighted by Crippen LogP contribution is 2.22. The van der Waals surface area contributed by atoms with Crippen LogP contribution in [0, 0.1) is 5.92 Å². The largest absolute Gasteiger partial charge is 0.345 e. The van der Waals surface area contributed by atoms with Gasteiger partial charge in [-0.3, -0.25) is 19.1 Å². The first kappa shape index (κ1) is 19.2. The van der Waals surface area contributed by atoms with E-state index in [2.05, 4.69) is 19.9 Å². The zero-order valence-electron chi connectivity index (χ0n) is 16.9. The van der Waals surface area contributed by atoms with Crippen LogP contribution in [0.2, 0.25) is 0 Å². The number of imidazole rings is 1. The lowest BCUT2D eigenvalue weighted by molar-refractivity contribution is 0.0682. The van der Waals surface area contributed by atoms with Crippen molar-refractivity contribution in [2.24, 2.45) is 5.92 Å². The third-order valence-corrected chi connectivity index (χ3v) is 5.88. The summed E-state index contributed by atoms with van der Waals surface area (Å²) in [6, 6.07) is 10.8. The molecule has 0 unspecified atom stereocenters. The van der Waals surface area contributed by atoms with Crippen molar-refractivity contribution in [3.8, 4) is 11.3 Å². The Bertz CT molecular complexity index is 1270. The van der Waals surface area contributed by atoms with Crippen molar-refractivity contribution in [1.29, 1.82) is 0 Å². The minimum Gasteiger partial charge on any atom is -0.345 e. The van der Waals surface area contributed by atoms with Crippen molar-refractivity contribution in [2.75, 3.05) is 13.1 Å². The molecule has 0 bridgehead atoms. The lowest BCUT2D eigenvalue weighted by Crippen LogP contribution is -2.40. The predicted octanol–water partition coefficient (Wildman–Crippen LogP) is 2.73. The molecule has 0 radical (unpaired) electrons. The summed E-state index contributed by atoms with van der Waals surface area (Å²) in [5.41, 5.74) is 3.85. The van der Waals surface area contributed by atoms with Crippen molar-refractivity contribution in [2.45, 2.75) is 19.4 Å². The lowest BCUT2D eigenvalue weighted by Gasteiger charge is -2.32. The topological polar surface area (TPSA) is 96.8 Å². The number of aromatic amines is 1. The fourth-order valence-corrected chi connectivity index (χ4v) is 4.09. The highest BCUT2D eigenvalue weighted by atomic mass is 16.2. The van der Waals surface area contributed by atoms with E-state index in [9.17, 15) is 9.59 Å². The SMILES string of the molecule is O=C(c1ccc2nc[nH]c2c1)N1CCC(Cn2cnc(-c3ccncc3)cc2=O)CC1. The van der Waals surface area contributed by atoms with E-state index >= 15 is 0 Å². The van der Waals surface area contributed by atoms with E-state index in [1.165, 1.54) is 0 Å². The number of rotatable bonds is 4. The van der Waals surface area contributed by atoms with Gasteiger partial charge >= 0.3 is 0 Å². The van der Waals surface area contributed by atoms with E-state index in [0.717, 1.165) is 29.4 Å². The predicted molar refractivity (Wildman–Crippen MR) is 116 cm³/mol. The van der Waals surface area contributed by atoms with E-state index in [-0.39, 0.29) is 11.5 Å². The van der Waals surface area contributed by atoms with Gasteiger partial charge in [0.25, 0.3) is 11.5 Å². The average molecular weight is 414 g/mol. The number of hydrogen-bond acceptors (Lipinski definition) is 5. The standard InChI is InChI=1S/C23H22N6O2/c30-22-12-20(17-3-7-24-8-4-17)27-15-29(22)13-16-5-9-28(10-6-16)23(31)18-1-2-19-21(11-18)26-14-25-19/h1-4,7-8,11-12,14-16H,5-6,9-10,13H2,(H,25,26). The molecular weight excluding hydrogens is 392 g/mol. The molecule has 0 atom stereocenters. The summed E-state index contributed by atoms with van der Waals surface area (Å²) < 4.78 is 1.67. The number of fused-ring (bicyclic) bond motifs is 1. The first-order valence-electron chi connectivity index (χ1n) is 10.4. The number of carbonyl (C=O) groups is 1. The fourth-order valence-electron chi connectivity index (χ4n) is 4.09. The van der Waals surface area contributed by atoms with Crippen molar-refractivity contribution in [3.63, 3.8) is 0 Å². The zero-order chi connectivity index (χ0) is 21.2. The molecule has 1 aromatic carbocycles. The van der Waals surface area contributed by atoms with E-state index in [1.807, 2.05) is 35.2 Å². The molecule has 4 aromatic rings. The zero-order valence-corrected chi connectivity index (χ0v) is 16.9. The molecule has 4 heterocycles. The van der Waals surface area contributed by atoms with Crippen molar-refractivity contribution >= 4 is 16.9 Å². The number of benzene rings is 1. The van der Waals surface area contributed by atoms with Gasteiger partial charge in [-0.25, -0.2) is 9.97 Å². The summed E-state index contributed by atoms with van der Waals surface area (Å²) in [5, 5.41) is 0. The maximum atomic E-state index is 12.9. The third-order valence-electron chi connectivity index (χ3n) is 5.88. The average Bonchev–Trinajstić information content (AvgIpc) is 3.29. The van der Waals surface area contributed by atoms with Gasteiger partial charge < -0.3 is 9.88 Å². The van der Waals surface area contributed by atoms with Gasteiger partial charge in [-0.2, -0.15) is 0 Å². The Morgan fingerprint density at radius 3 is 2.65 bits per heavy atom. The van der Waals surface area contributed by atoms with Crippen LogP contribution in [0.3, 0.4) is 0 Å². The number of pyridine rings is 1. The molecule has 1 aliphatic heterocycles. The minimum atomic E-state index is -0.0619. The molecule has 8 heteroatoms. The number of likely N-dealkylation sites (tertiary alicyclic amines) is 1. The maximum Gasteiger partial charge on any atom is 0.253 e. The van der Waals surface area contributed by atoms with Gasteiger partial charge in [-0.15, -0.1) is 0 Å². The first-order chi connectivity index (χ1) is 15.2. The molecule has 1 fully saturated rings. The second-order valence-corrected chi connectivity index (χ2v) is 7.87. The molecule has 0 spiro atoms. The summed E-state index contributed by atoms with van der Waals surface area (Å²) in [4.78, 5) is 43.0. The van der Waals surface area contributed by atoms with E-state index in [4.69, 9.17) is 0 Å². The molecule has 0 saturated carbocycles.